The number of amides is 2. The molecule has 2 aliphatic carbocycles. The zero-order valence-corrected chi connectivity index (χ0v) is 15.3. The number of nitrogens with zero attached hydrogens (tertiary/aromatic N) is 1. The van der Waals surface area contributed by atoms with Crippen molar-refractivity contribution in [2.45, 2.75) is 32.1 Å². The molecule has 0 aromatic heterocycles. The van der Waals surface area contributed by atoms with E-state index in [-0.39, 0.29) is 23.7 Å². The molecule has 2 saturated carbocycles. The summed E-state index contributed by atoms with van der Waals surface area (Å²) in [5, 5.41) is 7.16. The predicted octanol–water partition coefficient (Wildman–Crippen LogP) is 3.68. The number of carbonyl (C=O) groups excluding carboxylic acids is 2. The van der Waals surface area contributed by atoms with E-state index in [1.54, 1.807) is 0 Å². The van der Waals surface area contributed by atoms with E-state index in [1.165, 1.54) is 5.56 Å². The highest BCUT2D eigenvalue weighted by Crippen LogP contribution is 2.47. The van der Waals surface area contributed by atoms with Gasteiger partial charge in [0.25, 0.3) is 0 Å². The summed E-state index contributed by atoms with van der Waals surface area (Å²) in [6, 6.07) is 17.6. The fraction of sp³-hybridized carbons (Fsp3) is 0.318. The van der Waals surface area contributed by atoms with E-state index in [9.17, 15) is 9.59 Å². The van der Waals surface area contributed by atoms with E-state index in [4.69, 9.17) is 0 Å². The van der Waals surface area contributed by atoms with Gasteiger partial charge in [0.2, 0.25) is 11.8 Å². The number of hydrazone groups is 1. The molecule has 0 bridgehead atoms. The molecule has 138 valence electrons. The molecular weight excluding hydrogens is 338 g/mol. The number of carbonyl (C=O) groups is 2. The van der Waals surface area contributed by atoms with Gasteiger partial charge in [-0.25, -0.2) is 5.43 Å². The largest absolute Gasteiger partial charge is 0.326 e. The first-order chi connectivity index (χ1) is 13.1. The van der Waals surface area contributed by atoms with Crippen molar-refractivity contribution in [1.82, 2.24) is 5.43 Å². The first-order valence-corrected chi connectivity index (χ1v) is 9.42. The number of anilines is 1. The van der Waals surface area contributed by atoms with Gasteiger partial charge in [0.15, 0.2) is 0 Å². The van der Waals surface area contributed by atoms with Crippen LogP contribution in [0.1, 0.15) is 43.2 Å². The average molecular weight is 361 g/mol. The highest BCUT2D eigenvalue weighted by Gasteiger charge is 2.43. The molecule has 5 nitrogen and oxygen atoms in total. The van der Waals surface area contributed by atoms with Gasteiger partial charge in [0, 0.05) is 17.5 Å². The van der Waals surface area contributed by atoms with Crippen LogP contribution in [-0.4, -0.2) is 17.5 Å². The molecule has 0 unspecified atom stereocenters. The van der Waals surface area contributed by atoms with Gasteiger partial charge >= 0.3 is 0 Å². The minimum atomic E-state index is -0.0310. The fourth-order valence-corrected chi connectivity index (χ4v) is 3.22. The summed E-state index contributed by atoms with van der Waals surface area (Å²) in [6.45, 7) is 1.86. The van der Waals surface area contributed by atoms with Crippen LogP contribution in [0.25, 0.3) is 0 Å². The van der Waals surface area contributed by atoms with Gasteiger partial charge in [-0.2, -0.15) is 5.10 Å². The Morgan fingerprint density at radius 2 is 1.67 bits per heavy atom. The average Bonchev–Trinajstić information content (AvgIpc) is 3.59. The van der Waals surface area contributed by atoms with Gasteiger partial charge in [-0.1, -0.05) is 42.5 Å². The zero-order valence-electron chi connectivity index (χ0n) is 15.3. The van der Waals surface area contributed by atoms with Crippen molar-refractivity contribution >= 4 is 23.2 Å². The number of hydrogen-bond donors (Lipinski definition) is 2. The Morgan fingerprint density at radius 3 is 2.33 bits per heavy atom. The van der Waals surface area contributed by atoms with Gasteiger partial charge in [-0.05, 0) is 55.4 Å². The number of benzene rings is 2. The van der Waals surface area contributed by atoms with E-state index in [1.807, 2.05) is 49.4 Å². The minimum absolute atomic E-state index is 0.00367. The Hall–Kier alpha value is -2.95. The van der Waals surface area contributed by atoms with Gasteiger partial charge < -0.3 is 5.32 Å². The lowest BCUT2D eigenvalue weighted by Crippen LogP contribution is -2.21. The molecule has 4 rings (SSSR count). The summed E-state index contributed by atoms with van der Waals surface area (Å²) in [4.78, 5) is 24.1. The lowest BCUT2D eigenvalue weighted by molar-refractivity contribution is -0.122. The third-order valence-corrected chi connectivity index (χ3v) is 5.21. The van der Waals surface area contributed by atoms with Crippen LogP contribution in [0, 0.1) is 11.8 Å². The molecule has 0 radical (unpaired) electrons. The molecule has 0 spiro atoms. The maximum Gasteiger partial charge on any atom is 0.243 e. The van der Waals surface area contributed by atoms with Gasteiger partial charge in [-0.3, -0.25) is 9.59 Å². The molecule has 0 aliphatic heterocycles. The van der Waals surface area contributed by atoms with Crippen molar-refractivity contribution in [3.63, 3.8) is 0 Å². The van der Waals surface area contributed by atoms with Crippen LogP contribution in [0.4, 0.5) is 5.69 Å². The van der Waals surface area contributed by atoms with Crippen LogP contribution in [0.3, 0.4) is 0 Å². The third kappa shape index (κ3) is 4.25. The summed E-state index contributed by atoms with van der Waals surface area (Å²) in [5.74, 6) is 0.555. The van der Waals surface area contributed by atoms with Crippen LogP contribution in [0.5, 0.6) is 0 Å². The number of hydrogen-bond acceptors (Lipinski definition) is 3. The molecule has 5 heteroatoms. The SMILES string of the molecule is C/C(=N\NC(=O)[C@@H]1C[C@@H]1c1ccccc1)c1ccc(NC(=O)C2CC2)cc1. The Balaban J connectivity index is 1.31. The monoisotopic (exact) mass is 361 g/mol. The van der Waals surface area contributed by atoms with Crippen molar-refractivity contribution in [2.24, 2.45) is 16.9 Å². The highest BCUT2D eigenvalue weighted by atomic mass is 16.2. The quantitative estimate of drug-likeness (QED) is 0.609. The molecule has 2 aliphatic rings. The van der Waals surface area contributed by atoms with E-state index < -0.39 is 0 Å². The lowest BCUT2D eigenvalue weighted by Gasteiger charge is -2.06. The normalized spacial score (nSPS) is 21.4. The van der Waals surface area contributed by atoms with Crippen LogP contribution in [0.2, 0.25) is 0 Å². The van der Waals surface area contributed by atoms with Crippen molar-refractivity contribution in [1.29, 1.82) is 0 Å². The number of nitrogens with one attached hydrogen (secondary N) is 2. The Kier molecular flexibility index (Phi) is 4.75. The first kappa shape index (κ1) is 17.5. The topological polar surface area (TPSA) is 70.6 Å². The van der Waals surface area contributed by atoms with Gasteiger partial charge in [0.1, 0.15) is 0 Å². The van der Waals surface area contributed by atoms with E-state index in [0.717, 1.165) is 36.2 Å². The fourth-order valence-electron chi connectivity index (χ4n) is 3.22. The summed E-state index contributed by atoms with van der Waals surface area (Å²) in [6.07, 6.45) is 2.85. The minimum Gasteiger partial charge on any atom is -0.326 e. The van der Waals surface area contributed by atoms with Crippen LogP contribution in [-0.2, 0) is 9.59 Å². The van der Waals surface area contributed by atoms with Crippen LogP contribution in [0.15, 0.2) is 59.7 Å². The Morgan fingerprint density at radius 1 is 0.963 bits per heavy atom. The Labute approximate surface area is 158 Å². The molecule has 2 fully saturated rings. The molecule has 2 aromatic rings. The number of rotatable bonds is 6. The first-order valence-electron chi connectivity index (χ1n) is 9.42. The molecule has 2 amide bonds. The molecule has 2 aromatic carbocycles. The molecular formula is C22H23N3O2. The molecule has 0 saturated heterocycles. The smallest absolute Gasteiger partial charge is 0.243 e. The maximum atomic E-state index is 12.3. The summed E-state index contributed by atoms with van der Waals surface area (Å²) in [5.41, 5.74) is 6.34. The zero-order chi connectivity index (χ0) is 18.8. The van der Waals surface area contributed by atoms with Crippen LogP contribution >= 0.6 is 0 Å². The lowest BCUT2D eigenvalue weighted by atomic mass is 10.1. The van der Waals surface area contributed by atoms with Crippen molar-refractivity contribution in [3.8, 4) is 0 Å². The standard InChI is InChI=1S/C22H23N3O2/c1-14(15-9-11-18(12-10-15)23-21(26)17-7-8-17)24-25-22(27)20-13-19(20)16-5-3-2-4-6-16/h2-6,9-12,17,19-20H,7-8,13H2,1H3,(H,23,26)(H,25,27)/b24-14+/t19-,20-/m1/s1. The second-order valence-electron chi connectivity index (χ2n) is 7.37. The molecule has 2 N–H and O–H groups in total. The summed E-state index contributed by atoms with van der Waals surface area (Å²) in [7, 11) is 0. The van der Waals surface area contributed by atoms with E-state index in [0.29, 0.717) is 5.92 Å². The maximum absolute atomic E-state index is 12.3. The molecule has 0 heterocycles. The van der Waals surface area contributed by atoms with E-state index >= 15 is 0 Å². The second-order valence-corrected chi connectivity index (χ2v) is 7.37. The molecule has 27 heavy (non-hydrogen) atoms. The van der Waals surface area contributed by atoms with Crippen molar-refractivity contribution < 1.29 is 9.59 Å². The van der Waals surface area contributed by atoms with Crippen molar-refractivity contribution in [2.75, 3.05) is 5.32 Å². The van der Waals surface area contributed by atoms with E-state index in [2.05, 4.69) is 28.0 Å². The van der Waals surface area contributed by atoms with Crippen LogP contribution < -0.4 is 10.7 Å². The summed E-state index contributed by atoms with van der Waals surface area (Å²) >= 11 is 0. The highest BCUT2D eigenvalue weighted by molar-refractivity contribution is 6.00. The molecule has 2 atom stereocenters. The summed E-state index contributed by atoms with van der Waals surface area (Å²) < 4.78 is 0. The predicted molar refractivity (Wildman–Crippen MR) is 105 cm³/mol. The third-order valence-electron chi connectivity index (χ3n) is 5.21. The van der Waals surface area contributed by atoms with Gasteiger partial charge in [0.05, 0.1) is 5.71 Å². The second kappa shape index (κ2) is 7.35. The van der Waals surface area contributed by atoms with Gasteiger partial charge in [-0.15, -0.1) is 0 Å². The van der Waals surface area contributed by atoms with Crippen molar-refractivity contribution in [3.05, 3.63) is 65.7 Å². The Bertz CT molecular complexity index is 870.